The van der Waals surface area contributed by atoms with Gasteiger partial charge >= 0.3 is 0 Å². The van der Waals surface area contributed by atoms with E-state index in [1.807, 2.05) is 0 Å². The molecule has 0 aliphatic carbocycles. The fourth-order valence-corrected chi connectivity index (χ4v) is 5.82. The summed E-state index contributed by atoms with van der Waals surface area (Å²) in [6.45, 7) is 13.7. The largest absolute Gasteiger partial charge is 0.557 e. The number of imidazole rings is 1. The molecule has 6 rings (SSSR count). The number of hydrogen-bond donors (Lipinski definition) is 0. The van der Waals surface area contributed by atoms with E-state index in [0.29, 0.717) is 17.8 Å². The van der Waals surface area contributed by atoms with Crippen molar-refractivity contribution in [1.82, 2.24) is 9.55 Å². The van der Waals surface area contributed by atoms with Gasteiger partial charge in [-0.05, 0) is 70.7 Å². The van der Waals surface area contributed by atoms with E-state index < -0.39 is 0 Å². The molecular weight excluding hydrogens is 681 g/mol. The van der Waals surface area contributed by atoms with Gasteiger partial charge in [-0.25, -0.2) is 0 Å². The molecule has 4 aromatic carbocycles. The maximum absolute atomic E-state index is 6.00. The monoisotopic (exact) mass is 718 g/mol. The van der Waals surface area contributed by atoms with Crippen molar-refractivity contribution in [2.24, 2.45) is 5.92 Å². The molecule has 2 heterocycles. The molecule has 0 aliphatic heterocycles. The molecule has 0 N–H and O–H groups in total. The van der Waals surface area contributed by atoms with Crippen molar-refractivity contribution in [2.75, 3.05) is 0 Å². The van der Waals surface area contributed by atoms with Crippen molar-refractivity contribution in [3.8, 4) is 28.2 Å². The van der Waals surface area contributed by atoms with Crippen molar-refractivity contribution < 1.29 is 24.5 Å². The van der Waals surface area contributed by atoms with Crippen molar-refractivity contribution in [1.29, 1.82) is 0 Å². The minimum Gasteiger partial charge on any atom is -0.557 e. The molecule has 0 saturated heterocycles. The number of hydrogen-bond acceptors (Lipinski definition) is 2. The molecule has 4 heteroatoms. The Hall–Kier alpha value is -3.46. The van der Waals surface area contributed by atoms with Crippen LogP contribution in [0, 0.1) is 12.2 Å². The second kappa shape index (κ2) is 11.8. The summed E-state index contributed by atoms with van der Waals surface area (Å²) in [6, 6.07) is 30.4. The minimum atomic E-state index is 0. The first-order valence-corrected chi connectivity index (χ1v) is 14.5. The van der Waals surface area contributed by atoms with Gasteiger partial charge < -0.3 is 8.98 Å². The van der Waals surface area contributed by atoms with Crippen LogP contribution in [-0.2, 0) is 26.5 Å². The smallest absolute Gasteiger partial charge is 0.0774 e. The second-order valence-corrected chi connectivity index (χ2v) is 11.9. The summed E-state index contributed by atoms with van der Waals surface area (Å²) < 4.78 is 8.37. The Bertz CT molecular complexity index is 1780. The quantitative estimate of drug-likeness (QED) is 0.154. The number of nitrogens with zero attached hydrogens (tertiary/aromatic N) is 2. The van der Waals surface area contributed by atoms with E-state index >= 15 is 0 Å². The average Bonchev–Trinajstić information content (AvgIpc) is 3.53. The van der Waals surface area contributed by atoms with Gasteiger partial charge in [0.1, 0.15) is 0 Å². The van der Waals surface area contributed by atoms with E-state index in [1.54, 1.807) is 0 Å². The Labute approximate surface area is 257 Å². The van der Waals surface area contributed by atoms with Crippen LogP contribution in [0.25, 0.3) is 50.2 Å². The molecule has 0 atom stereocenters. The van der Waals surface area contributed by atoms with E-state index in [0.717, 1.165) is 39.8 Å². The molecule has 0 fully saturated rings. The van der Waals surface area contributed by atoms with Crippen LogP contribution in [0.1, 0.15) is 70.1 Å². The summed E-state index contributed by atoms with van der Waals surface area (Å²) in [6.07, 6.45) is 4.28. The Morgan fingerprint density at radius 2 is 1.41 bits per heavy atom. The molecular formula is C37H37IrN2O-. The molecule has 211 valence electrons. The number of fused-ring (bicyclic) bond motifs is 2. The number of furan rings is 1. The third-order valence-corrected chi connectivity index (χ3v) is 7.75. The van der Waals surface area contributed by atoms with Gasteiger partial charge in [-0.1, -0.05) is 119 Å². The first-order valence-electron chi connectivity index (χ1n) is 14.5. The molecule has 0 amide bonds. The maximum Gasteiger partial charge on any atom is 0.0774 e. The molecule has 0 unspecified atom stereocenters. The van der Waals surface area contributed by atoms with E-state index in [1.165, 1.54) is 33.5 Å². The Balaban J connectivity index is 0.00000337. The third kappa shape index (κ3) is 5.44. The summed E-state index contributed by atoms with van der Waals surface area (Å²) in [5, 5.41) is 1.06. The molecule has 2 aromatic heterocycles. The van der Waals surface area contributed by atoms with Gasteiger partial charge in [-0.3, -0.25) is 4.98 Å². The topological polar surface area (TPSA) is 31.0 Å². The van der Waals surface area contributed by atoms with Gasteiger partial charge in [0.15, 0.2) is 0 Å². The first-order chi connectivity index (χ1) is 19.3. The molecule has 0 aliphatic rings. The van der Waals surface area contributed by atoms with Crippen molar-refractivity contribution in [2.45, 2.75) is 59.8 Å². The van der Waals surface area contributed by atoms with Gasteiger partial charge in [0.25, 0.3) is 0 Å². The summed E-state index contributed by atoms with van der Waals surface area (Å²) >= 11 is 0. The Morgan fingerprint density at radius 1 is 0.756 bits per heavy atom. The maximum atomic E-state index is 6.00. The van der Waals surface area contributed by atoms with Gasteiger partial charge in [0.05, 0.1) is 16.9 Å². The molecule has 0 saturated carbocycles. The molecule has 0 spiro atoms. The Kier molecular flexibility index (Phi) is 8.36. The van der Waals surface area contributed by atoms with Gasteiger partial charge in [0, 0.05) is 37.6 Å². The van der Waals surface area contributed by atoms with E-state index in [2.05, 4.69) is 137 Å². The summed E-state index contributed by atoms with van der Waals surface area (Å²) in [5.74, 6) is 2.07. The van der Waals surface area contributed by atoms with Crippen LogP contribution in [-0.4, -0.2) is 9.55 Å². The minimum absolute atomic E-state index is 0. The zero-order valence-electron chi connectivity index (χ0n) is 24.7. The zero-order valence-corrected chi connectivity index (χ0v) is 27.1. The van der Waals surface area contributed by atoms with Crippen LogP contribution in [0.15, 0.2) is 89.3 Å². The van der Waals surface area contributed by atoms with Gasteiger partial charge in [0.2, 0.25) is 0 Å². The van der Waals surface area contributed by atoms with Crippen LogP contribution in [0.5, 0.6) is 0 Å². The first kappa shape index (κ1) is 29.0. The number of aromatic nitrogens is 2. The predicted octanol–water partition coefficient (Wildman–Crippen LogP) is 10.3. The number of rotatable bonds is 7. The summed E-state index contributed by atoms with van der Waals surface area (Å²) in [4.78, 5) is 5.23. The fourth-order valence-electron chi connectivity index (χ4n) is 5.82. The second-order valence-electron chi connectivity index (χ2n) is 11.9. The van der Waals surface area contributed by atoms with Gasteiger partial charge in [-0.15, -0.1) is 0 Å². The molecule has 41 heavy (non-hydrogen) atoms. The predicted molar refractivity (Wildman–Crippen MR) is 167 cm³/mol. The Morgan fingerprint density at radius 3 is 2.07 bits per heavy atom. The van der Waals surface area contributed by atoms with Crippen LogP contribution >= 0.6 is 0 Å². The average molecular weight is 718 g/mol. The third-order valence-electron chi connectivity index (χ3n) is 7.75. The van der Waals surface area contributed by atoms with Crippen LogP contribution in [0.3, 0.4) is 0 Å². The van der Waals surface area contributed by atoms with Crippen molar-refractivity contribution >= 4 is 22.0 Å². The fraction of sp³-hybridized carbons (Fsp3) is 0.270. The van der Waals surface area contributed by atoms with Crippen LogP contribution < -0.4 is 0 Å². The molecule has 3 nitrogen and oxygen atoms in total. The van der Waals surface area contributed by atoms with Crippen LogP contribution in [0.2, 0.25) is 0 Å². The number of para-hydroxylation sites is 2. The summed E-state index contributed by atoms with van der Waals surface area (Å²) in [5.41, 5.74) is 11.4. The molecule has 0 bridgehead atoms. The van der Waals surface area contributed by atoms with E-state index in [4.69, 9.17) is 9.40 Å². The zero-order chi connectivity index (χ0) is 28.0. The number of benzene rings is 4. The van der Waals surface area contributed by atoms with E-state index in [-0.39, 0.29) is 20.1 Å². The molecule has 6 aromatic rings. The van der Waals surface area contributed by atoms with Crippen molar-refractivity contribution in [3.63, 3.8) is 0 Å². The van der Waals surface area contributed by atoms with Gasteiger partial charge in [-0.2, -0.15) is 0 Å². The normalized spacial score (nSPS) is 11.7. The van der Waals surface area contributed by atoms with Crippen molar-refractivity contribution in [3.05, 3.63) is 108 Å². The standard InChI is InChI=1S/C37H37N2O.Ir/c1-23(2)18-26-16-17-35-31(19-26)32(22-40-35)37-38-33-14-10-11-15-34(33)39(37)36-29(24(3)4)20-28(21-30(36)25(5)6)27-12-8-7-9-13-27;/h7-17,19-21,23-25H,18H2,1-6H3;/q-1;. The summed E-state index contributed by atoms with van der Waals surface area (Å²) in [7, 11) is 0. The van der Waals surface area contributed by atoms with E-state index in [9.17, 15) is 0 Å². The molecule has 1 radical (unpaired) electrons. The van der Waals surface area contributed by atoms with Crippen LogP contribution in [0.4, 0.5) is 0 Å². The SMILES string of the molecule is CC(C)Cc1ccc2o[c-]c(-c3nc4ccccc4n3-c3c(C(C)C)cc(-c4ccccc4)cc3C(C)C)c2c1.[Ir].